The molecule has 0 saturated carbocycles. The third kappa shape index (κ3) is 3.82. The number of carboxylic acid groups (broad SMARTS) is 1. The summed E-state index contributed by atoms with van der Waals surface area (Å²) in [6, 6.07) is 3.90. The van der Waals surface area contributed by atoms with E-state index in [4.69, 9.17) is 5.11 Å². The number of nitrogens with zero attached hydrogens (tertiary/aromatic N) is 1. The highest BCUT2D eigenvalue weighted by atomic mass is 16.4. The average Bonchev–Trinajstić information content (AvgIpc) is 2.35. The van der Waals surface area contributed by atoms with Gasteiger partial charge in [0.05, 0.1) is 11.6 Å². The number of nitrogens with one attached hydrogen (secondary N) is 1. The van der Waals surface area contributed by atoms with E-state index in [0.717, 1.165) is 12.1 Å². The van der Waals surface area contributed by atoms with Gasteiger partial charge in [-0.3, -0.25) is 9.78 Å². The van der Waals surface area contributed by atoms with Gasteiger partial charge in [0.15, 0.2) is 0 Å². The molecule has 2 atom stereocenters. The van der Waals surface area contributed by atoms with Crippen LogP contribution in [0.4, 0.5) is 0 Å². The number of hydrogen-bond acceptors (Lipinski definition) is 3. The number of aliphatic carboxylic acids is 1. The van der Waals surface area contributed by atoms with Crippen LogP contribution in [0.15, 0.2) is 18.3 Å². The molecule has 4 heteroatoms. The number of rotatable bonds is 6. The molecule has 1 aromatic heterocycles. The standard InChI is InChI=1S/C13H20N2O2/c1-4-11-6-5-7-14-12(11)8-15-10(3)9(2)13(16)17/h5-7,9-10,15H,4,8H2,1-3H3,(H,16,17). The summed E-state index contributed by atoms with van der Waals surface area (Å²) >= 11 is 0. The second kappa shape index (κ2) is 6.35. The zero-order chi connectivity index (χ0) is 12.8. The first kappa shape index (κ1) is 13.6. The fraction of sp³-hybridized carbons (Fsp3) is 0.538. The summed E-state index contributed by atoms with van der Waals surface area (Å²) in [6.07, 6.45) is 2.70. The molecule has 1 rings (SSSR count). The maximum absolute atomic E-state index is 10.8. The van der Waals surface area contributed by atoms with Gasteiger partial charge in [0.1, 0.15) is 0 Å². The second-order valence-electron chi connectivity index (χ2n) is 4.26. The number of aromatic nitrogens is 1. The third-order valence-electron chi connectivity index (χ3n) is 3.10. The number of carbonyl (C=O) groups is 1. The van der Waals surface area contributed by atoms with Gasteiger partial charge in [-0.25, -0.2) is 0 Å². The lowest BCUT2D eigenvalue weighted by molar-refractivity contribution is -0.141. The number of carboxylic acids is 1. The SMILES string of the molecule is CCc1cccnc1CNC(C)C(C)C(=O)O. The molecule has 1 aromatic rings. The van der Waals surface area contributed by atoms with E-state index in [-0.39, 0.29) is 6.04 Å². The lowest BCUT2D eigenvalue weighted by atomic mass is 10.0. The quantitative estimate of drug-likeness (QED) is 0.791. The van der Waals surface area contributed by atoms with Crippen LogP contribution in [0.1, 0.15) is 32.0 Å². The van der Waals surface area contributed by atoms with Crippen LogP contribution in [-0.4, -0.2) is 22.1 Å². The van der Waals surface area contributed by atoms with E-state index in [1.54, 1.807) is 13.1 Å². The van der Waals surface area contributed by atoms with E-state index in [2.05, 4.69) is 23.3 Å². The fourth-order valence-corrected chi connectivity index (χ4v) is 1.60. The minimum absolute atomic E-state index is 0.0702. The highest BCUT2D eigenvalue weighted by molar-refractivity contribution is 5.70. The van der Waals surface area contributed by atoms with E-state index in [9.17, 15) is 4.79 Å². The largest absolute Gasteiger partial charge is 0.481 e. The molecule has 17 heavy (non-hydrogen) atoms. The van der Waals surface area contributed by atoms with Crippen molar-refractivity contribution < 1.29 is 9.90 Å². The summed E-state index contributed by atoms with van der Waals surface area (Å²) in [5, 5.41) is 12.1. The molecule has 0 aliphatic rings. The Morgan fingerprint density at radius 3 is 2.82 bits per heavy atom. The van der Waals surface area contributed by atoms with Gasteiger partial charge in [-0.2, -0.15) is 0 Å². The van der Waals surface area contributed by atoms with Crippen LogP contribution in [0.5, 0.6) is 0 Å². The summed E-state index contributed by atoms with van der Waals surface area (Å²) in [5.74, 6) is -1.18. The van der Waals surface area contributed by atoms with Crippen molar-refractivity contribution in [3.05, 3.63) is 29.6 Å². The molecule has 0 aliphatic heterocycles. The smallest absolute Gasteiger partial charge is 0.307 e. The Balaban J connectivity index is 2.58. The Kier molecular flexibility index (Phi) is 5.10. The van der Waals surface area contributed by atoms with Crippen molar-refractivity contribution in [2.45, 2.75) is 39.8 Å². The van der Waals surface area contributed by atoms with Crippen molar-refractivity contribution in [3.8, 4) is 0 Å². The van der Waals surface area contributed by atoms with E-state index in [1.165, 1.54) is 5.56 Å². The van der Waals surface area contributed by atoms with Crippen LogP contribution in [0.2, 0.25) is 0 Å². The molecule has 0 aromatic carbocycles. The van der Waals surface area contributed by atoms with E-state index < -0.39 is 11.9 Å². The number of aryl methyl sites for hydroxylation is 1. The lowest BCUT2D eigenvalue weighted by Gasteiger charge is -2.18. The van der Waals surface area contributed by atoms with Gasteiger partial charge in [0.25, 0.3) is 0 Å². The van der Waals surface area contributed by atoms with Crippen LogP contribution in [-0.2, 0) is 17.8 Å². The van der Waals surface area contributed by atoms with Gasteiger partial charge in [-0.05, 0) is 25.0 Å². The van der Waals surface area contributed by atoms with E-state index >= 15 is 0 Å². The molecule has 2 unspecified atom stereocenters. The summed E-state index contributed by atoms with van der Waals surface area (Å²) in [4.78, 5) is 15.1. The van der Waals surface area contributed by atoms with Gasteiger partial charge < -0.3 is 10.4 Å². The molecular formula is C13H20N2O2. The van der Waals surface area contributed by atoms with Gasteiger partial charge in [-0.1, -0.05) is 19.9 Å². The van der Waals surface area contributed by atoms with Crippen LogP contribution in [0, 0.1) is 5.92 Å². The Morgan fingerprint density at radius 2 is 2.24 bits per heavy atom. The molecule has 0 saturated heterocycles. The van der Waals surface area contributed by atoms with Crippen molar-refractivity contribution in [1.82, 2.24) is 10.3 Å². The maximum atomic E-state index is 10.8. The van der Waals surface area contributed by atoms with Crippen molar-refractivity contribution in [1.29, 1.82) is 0 Å². The van der Waals surface area contributed by atoms with Crippen LogP contribution in [0.25, 0.3) is 0 Å². The number of hydrogen-bond donors (Lipinski definition) is 2. The third-order valence-corrected chi connectivity index (χ3v) is 3.10. The monoisotopic (exact) mass is 236 g/mol. The first-order valence-corrected chi connectivity index (χ1v) is 5.95. The highest BCUT2D eigenvalue weighted by Gasteiger charge is 2.18. The zero-order valence-corrected chi connectivity index (χ0v) is 10.6. The van der Waals surface area contributed by atoms with Crippen molar-refractivity contribution in [3.63, 3.8) is 0 Å². The molecule has 4 nitrogen and oxygen atoms in total. The van der Waals surface area contributed by atoms with Crippen LogP contribution >= 0.6 is 0 Å². The minimum Gasteiger partial charge on any atom is -0.481 e. The molecular weight excluding hydrogens is 216 g/mol. The molecule has 0 amide bonds. The predicted molar refractivity (Wildman–Crippen MR) is 66.7 cm³/mol. The maximum Gasteiger partial charge on any atom is 0.307 e. The molecule has 0 spiro atoms. The molecule has 0 radical (unpaired) electrons. The minimum atomic E-state index is -0.776. The average molecular weight is 236 g/mol. The molecule has 2 N–H and O–H groups in total. The topological polar surface area (TPSA) is 62.2 Å². The molecule has 1 heterocycles. The zero-order valence-electron chi connectivity index (χ0n) is 10.6. The first-order valence-electron chi connectivity index (χ1n) is 5.95. The Bertz CT molecular complexity index is 379. The highest BCUT2D eigenvalue weighted by Crippen LogP contribution is 2.08. The second-order valence-corrected chi connectivity index (χ2v) is 4.26. The van der Waals surface area contributed by atoms with Gasteiger partial charge in [0, 0.05) is 18.8 Å². The normalized spacial score (nSPS) is 14.3. The van der Waals surface area contributed by atoms with Crippen LogP contribution < -0.4 is 5.32 Å². The summed E-state index contributed by atoms with van der Waals surface area (Å²) in [5.41, 5.74) is 2.20. The summed E-state index contributed by atoms with van der Waals surface area (Å²) < 4.78 is 0. The van der Waals surface area contributed by atoms with E-state index in [0.29, 0.717) is 6.54 Å². The Hall–Kier alpha value is -1.42. The van der Waals surface area contributed by atoms with Gasteiger partial charge >= 0.3 is 5.97 Å². The van der Waals surface area contributed by atoms with Gasteiger partial charge in [0.2, 0.25) is 0 Å². The van der Waals surface area contributed by atoms with Crippen molar-refractivity contribution in [2.24, 2.45) is 5.92 Å². The van der Waals surface area contributed by atoms with Crippen LogP contribution in [0.3, 0.4) is 0 Å². The van der Waals surface area contributed by atoms with Crippen molar-refractivity contribution in [2.75, 3.05) is 0 Å². The molecule has 0 bridgehead atoms. The predicted octanol–water partition coefficient (Wildman–Crippen LogP) is 1.84. The van der Waals surface area contributed by atoms with E-state index in [1.807, 2.05) is 13.0 Å². The number of pyridine rings is 1. The Morgan fingerprint density at radius 1 is 1.53 bits per heavy atom. The van der Waals surface area contributed by atoms with Gasteiger partial charge in [-0.15, -0.1) is 0 Å². The summed E-state index contributed by atoms with van der Waals surface area (Å²) in [6.45, 7) is 6.29. The molecule has 0 aliphatic carbocycles. The Labute approximate surface area is 102 Å². The summed E-state index contributed by atoms with van der Waals surface area (Å²) in [7, 11) is 0. The molecule has 94 valence electrons. The van der Waals surface area contributed by atoms with Crippen molar-refractivity contribution >= 4 is 5.97 Å². The first-order chi connectivity index (χ1) is 8.06. The lowest BCUT2D eigenvalue weighted by Crippen LogP contribution is -2.36. The fourth-order valence-electron chi connectivity index (χ4n) is 1.60. The molecule has 0 fully saturated rings.